The number of hydrogen-bond donors (Lipinski definition) is 2. The van der Waals surface area contributed by atoms with Gasteiger partial charge in [0.15, 0.2) is 0 Å². The van der Waals surface area contributed by atoms with Gasteiger partial charge in [0.25, 0.3) is 0 Å². The van der Waals surface area contributed by atoms with E-state index in [-0.39, 0.29) is 30.2 Å². The van der Waals surface area contributed by atoms with Crippen molar-refractivity contribution < 1.29 is 19.5 Å². The van der Waals surface area contributed by atoms with Gasteiger partial charge in [-0.15, -0.1) is 0 Å². The van der Waals surface area contributed by atoms with Crippen molar-refractivity contribution in [1.29, 1.82) is 0 Å². The maximum atomic E-state index is 12.5. The van der Waals surface area contributed by atoms with E-state index in [0.29, 0.717) is 6.54 Å². The lowest BCUT2D eigenvalue weighted by Crippen LogP contribution is -2.45. The van der Waals surface area contributed by atoms with Gasteiger partial charge in [-0.1, -0.05) is 19.1 Å². The number of fused-ring (bicyclic) bond motifs is 2. The van der Waals surface area contributed by atoms with Crippen LogP contribution in [0, 0.1) is 23.7 Å². The highest BCUT2D eigenvalue weighted by molar-refractivity contribution is 5.89. The van der Waals surface area contributed by atoms with Crippen LogP contribution in [0.2, 0.25) is 0 Å². The van der Waals surface area contributed by atoms with E-state index in [0.717, 1.165) is 12.8 Å². The molecule has 6 nitrogen and oxygen atoms in total. The molecule has 21 heavy (non-hydrogen) atoms. The van der Waals surface area contributed by atoms with Gasteiger partial charge >= 0.3 is 5.97 Å². The fourth-order valence-corrected chi connectivity index (χ4v) is 3.36. The summed E-state index contributed by atoms with van der Waals surface area (Å²) in [5.41, 5.74) is 0. The highest BCUT2D eigenvalue weighted by Crippen LogP contribution is 2.48. The quantitative estimate of drug-likeness (QED) is 0.698. The molecule has 1 fully saturated rings. The van der Waals surface area contributed by atoms with E-state index < -0.39 is 17.8 Å². The zero-order chi connectivity index (χ0) is 15.6. The molecule has 2 N–H and O–H groups in total. The van der Waals surface area contributed by atoms with E-state index in [4.69, 9.17) is 0 Å². The molecule has 2 aliphatic rings. The molecule has 1 saturated carbocycles. The van der Waals surface area contributed by atoms with Gasteiger partial charge in [0, 0.05) is 13.6 Å². The smallest absolute Gasteiger partial charge is 0.307 e. The molecule has 4 atom stereocenters. The Morgan fingerprint density at radius 3 is 2.43 bits per heavy atom. The summed E-state index contributed by atoms with van der Waals surface area (Å²) in [5.74, 6) is -2.64. The Morgan fingerprint density at radius 1 is 1.24 bits per heavy atom. The first-order valence-corrected chi connectivity index (χ1v) is 7.38. The van der Waals surface area contributed by atoms with Crippen LogP contribution >= 0.6 is 0 Å². The van der Waals surface area contributed by atoms with Crippen LogP contribution in [0.15, 0.2) is 12.2 Å². The van der Waals surface area contributed by atoms with Crippen LogP contribution in [0.25, 0.3) is 0 Å². The number of carboxylic acid groups (broad SMARTS) is 1. The number of aliphatic carboxylic acids is 1. The van der Waals surface area contributed by atoms with Gasteiger partial charge < -0.3 is 15.3 Å². The zero-order valence-corrected chi connectivity index (χ0v) is 12.4. The van der Waals surface area contributed by atoms with Crippen LogP contribution in [-0.4, -0.2) is 47.9 Å². The highest BCUT2D eigenvalue weighted by Gasteiger charge is 2.52. The Balaban J connectivity index is 2.00. The number of likely N-dealkylation sites (N-methyl/N-ethyl adjacent to an activating group) is 1. The van der Waals surface area contributed by atoms with Crippen LogP contribution in [-0.2, 0) is 14.4 Å². The second-order valence-electron chi connectivity index (χ2n) is 5.88. The summed E-state index contributed by atoms with van der Waals surface area (Å²) in [6.45, 7) is 2.51. The van der Waals surface area contributed by atoms with Crippen molar-refractivity contribution in [1.82, 2.24) is 10.2 Å². The minimum Gasteiger partial charge on any atom is -0.481 e. The molecule has 0 aromatic rings. The van der Waals surface area contributed by atoms with E-state index in [2.05, 4.69) is 5.32 Å². The number of rotatable bonds is 6. The summed E-state index contributed by atoms with van der Waals surface area (Å²) in [4.78, 5) is 36.9. The zero-order valence-electron chi connectivity index (χ0n) is 12.4. The van der Waals surface area contributed by atoms with Crippen molar-refractivity contribution in [3.8, 4) is 0 Å². The summed E-state index contributed by atoms with van der Waals surface area (Å²) >= 11 is 0. The largest absolute Gasteiger partial charge is 0.481 e. The molecule has 0 aromatic carbocycles. The number of amides is 2. The lowest BCUT2D eigenvalue weighted by molar-refractivity contribution is -0.151. The van der Waals surface area contributed by atoms with Crippen molar-refractivity contribution in [2.75, 3.05) is 20.1 Å². The molecule has 0 radical (unpaired) electrons. The van der Waals surface area contributed by atoms with Crippen LogP contribution in [0.1, 0.15) is 19.8 Å². The first-order chi connectivity index (χ1) is 9.95. The monoisotopic (exact) mass is 294 g/mol. The van der Waals surface area contributed by atoms with Crippen LogP contribution in [0.4, 0.5) is 0 Å². The summed E-state index contributed by atoms with van der Waals surface area (Å²) in [6, 6.07) is 0. The van der Waals surface area contributed by atoms with Crippen molar-refractivity contribution in [3.63, 3.8) is 0 Å². The molecule has 2 bridgehead atoms. The standard InChI is InChI=1S/C15H22N2O4/c1-3-6-16-11(18)8-17(2)14(19)12-9-4-5-10(7-9)13(12)15(20)21/h4-5,9-10,12-13H,3,6-8H2,1-2H3,(H,16,18)(H,20,21). The lowest BCUT2D eigenvalue weighted by Gasteiger charge is -2.28. The highest BCUT2D eigenvalue weighted by atomic mass is 16.4. The Labute approximate surface area is 124 Å². The van der Waals surface area contributed by atoms with Crippen molar-refractivity contribution in [2.45, 2.75) is 19.8 Å². The van der Waals surface area contributed by atoms with Gasteiger partial charge in [-0.05, 0) is 24.7 Å². The molecule has 2 rings (SSSR count). The average molecular weight is 294 g/mol. The molecule has 0 spiro atoms. The van der Waals surface area contributed by atoms with E-state index in [1.54, 1.807) is 7.05 Å². The normalized spacial score (nSPS) is 29.4. The molecular weight excluding hydrogens is 272 g/mol. The predicted molar refractivity (Wildman–Crippen MR) is 76.3 cm³/mol. The molecule has 2 aliphatic carbocycles. The maximum absolute atomic E-state index is 12.5. The fourth-order valence-electron chi connectivity index (χ4n) is 3.36. The van der Waals surface area contributed by atoms with Gasteiger partial charge in [-0.25, -0.2) is 0 Å². The Kier molecular flexibility index (Phi) is 4.65. The van der Waals surface area contributed by atoms with E-state index >= 15 is 0 Å². The summed E-state index contributed by atoms with van der Waals surface area (Å²) < 4.78 is 0. The van der Waals surface area contributed by atoms with E-state index in [9.17, 15) is 19.5 Å². The van der Waals surface area contributed by atoms with Crippen LogP contribution < -0.4 is 5.32 Å². The summed E-state index contributed by atoms with van der Waals surface area (Å²) in [7, 11) is 1.56. The summed E-state index contributed by atoms with van der Waals surface area (Å²) in [5, 5.41) is 12.1. The Morgan fingerprint density at radius 2 is 1.86 bits per heavy atom. The second kappa shape index (κ2) is 6.28. The molecule has 0 aromatic heterocycles. The fraction of sp³-hybridized carbons (Fsp3) is 0.667. The number of nitrogens with zero attached hydrogens (tertiary/aromatic N) is 1. The second-order valence-corrected chi connectivity index (χ2v) is 5.88. The first kappa shape index (κ1) is 15.5. The number of allylic oxidation sites excluding steroid dienone is 2. The van der Waals surface area contributed by atoms with E-state index in [1.807, 2.05) is 19.1 Å². The van der Waals surface area contributed by atoms with Gasteiger partial charge in [0.05, 0.1) is 18.4 Å². The molecule has 116 valence electrons. The van der Waals surface area contributed by atoms with Gasteiger partial charge in [-0.3, -0.25) is 14.4 Å². The van der Waals surface area contributed by atoms with Crippen LogP contribution in [0.3, 0.4) is 0 Å². The molecule has 4 unspecified atom stereocenters. The van der Waals surface area contributed by atoms with Crippen LogP contribution in [0.5, 0.6) is 0 Å². The third-order valence-corrected chi connectivity index (χ3v) is 4.36. The SMILES string of the molecule is CCCNC(=O)CN(C)C(=O)C1C2C=CC(C2)C1C(=O)O. The number of hydrogen-bond acceptors (Lipinski definition) is 3. The number of nitrogens with one attached hydrogen (secondary N) is 1. The van der Waals surface area contributed by atoms with Crippen molar-refractivity contribution in [2.24, 2.45) is 23.7 Å². The molecule has 2 amide bonds. The number of carboxylic acids is 1. The first-order valence-electron chi connectivity index (χ1n) is 7.38. The average Bonchev–Trinajstić information content (AvgIpc) is 3.04. The number of carbonyl (C=O) groups is 3. The molecule has 6 heteroatoms. The van der Waals surface area contributed by atoms with Gasteiger partial charge in [0.2, 0.25) is 11.8 Å². The third kappa shape index (κ3) is 3.09. The molecule has 0 aliphatic heterocycles. The molecule has 0 saturated heterocycles. The van der Waals surface area contributed by atoms with Gasteiger partial charge in [0.1, 0.15) is 0 Å². The third-order valence-electron chi connectivity index (χ3n) is 4.36. The Hall–Kier alpha value is -1.85. The number of carbonyl (C=O) groups excluding carboxylic acids is 2. The lowest BCUT2D eigenvalue weighted by atomic mass is 9.82. The maximum Gasteiger partial charge on any atom is 0.307 e. The molecule has 0 heterocycles. The Bertz CT molecular complexity index is 474. The topological polar surface area (TPSA) is 86.7 Å². The minimum atomic E-state index is -0.922. The predicted octanol–water partition coefficient (Wildman–Crippen LogP) is 0.494. The molecular formula is C15H22N2O4. The summed E-state index contributed by atoms with van der Waals surface area (Å²) in [6.07, 6.45) is 5.41. The van der Waals surface area contributed by atoms with Gasteiger partial charge in [-0.2, -0.15) is 0 Å². The minimum absolute atomic E-state index is 0.00949. The van der Waals surface area contributed by atoms with Crippen molar-refractivity contribution in [3.05, 3.63) is 12.2 Å². The van der Waals surface area contributed by atoms with E-state index in [1.165, 1.54) is 4.90 Å². The van der Waals surface area contributed by atoms with Crippen molar-refractivity contribution >= 4 is 17.8 Å².